The topological polar surface area (TPSA) is 51.5 Å². The van der Waals surface area contributed by atoms with Crippen LogP contribution in [0.4, 0.5) is 4.79 Å². The van der Waals surface area contributed by atoms with Crippen LogP contribution in [0.2, 0.25) is 0 Å². The molecule has 0 atom stereocenters. The summed E-state index contributed by atoms with van der Waals surface area (Å²) in [5.74, 6) is 0.533. The Balaban J connectivity index is 1.62. The van der Waals surface area contributed by atoms with Crippen molar-refractivity contribution < 1.29 is 14.3 Å². The van der Waals surface area contributed by atoms with Crippen molar-refractivity contribution in [3.05, 3.63) is 87.6 Å². The SMILES string of the molecule is COc1cccc(-n2c(C)cc(/C=C3\SC(=O)N(Cc4ccc(C)cc4)C3=O)c2C)c1. The molecular formula is C25H24N2O3S. The monoisotopic (exact) mass is 432 g/mol. The van der Waals surface area contributed by atoms with Crippen LogP contribution in [-0.2, 0) is 11.3 Å². The van der Waals surface area contributed by atoms with E-state index in [0.717, 1.165) is 51.3 Å². The molecule has 0 unspecified atom stereocenters. The smallest absolute Gasteiger partial charge is 0.293 e. The Kier molecular flexibility index (Phi) is 5.74. The zero-order valence-corrected chi connectivity index (χ0v) is 18.8. The first-order valence-electron chi connectivity index (χ1n) is 10.0. The van der Waals surface area contributed by atoms with Crippen LogP contribution in [0, 0.1) is 20.8 Å². The number of imide groups is 1. The summed E-state index contributed by atoms with van der Waals surface area (Å²) < 4.78 is 7.46. The van der Waals surface area contributed by atoms with Gasteiger partial charge in [-0.15, -0.1) is 0 Å². The molecule has 2 aromatic carbocycles. The predicted molar refractivity (Wildman–Crippen MR) is 124 cm³/mol. The van der Waals surface area contributed by atoms with Crippen molar-refractivity contribution >= 4 is 29.0 Å². The van der Waals surface area contributed by atoms with Crippen molar-refractivity contribution in [3.8, 4) is 11.4 Å². The van der Waals surface area contributed by atoms with Crippen molar-refractivity contribution in [1.82, 2.24) is 9.47 Å². The largest absolute Gasteiger partial charge is 0.497 e. The minimum atomic E-state index is -0.248. The van der Waals surface area contributed by atoms with Gasteiger partial charge in [-0.05, 0) is 67.9 Å². The summed E-state index contributed by atoms with van der Waals surface area (Å²) >= 11 is 0.994. The minimum Gasteiger partial charge on any atom is -0.497 e. The number of nitrogens with zero attached hydrogens (tertiary/aromatic N) is 2. The first-order valence-corrected chi connectivity index (χ1v) is 10.8. The van der Waals surface area contributed by atoms with E-state index in [1.54, 1.807) is 7.11 Å². The molecule has 0 saturated carbocycles. The van der Waals surface area contributed by atoms with Gasteiger partial charge in [0.2, 0.25) is 0 Å². The van der Waals surface area contributed by atoms with Gasteiger partial charge in [-0.25, -0.2) is 0 Å². The lowest BCUT2D eigenvalue weighted by molar-refractivity contribution is -0.123. The zero-order valence-electron chi connectivity index (χ0n) is 18.0. The fraction of sp³-hybridized carbons (Fsp3) is 0.200. The lowest BCUT2D eigenvalue weighted by Gasteiger charge is -2.12. The summed E-state index contributed by atoms with van der Waals surface area (Å²) in [7, 11) is 1.65. The van der Waals surface area contributed by atoms with Crippen LogP contribution < -0.4 is 4.74 Å². The number of ether oxygens (including phenoxy) is 1. The molecule has 31 heavy (non-hydrogen) atoms. The van der Waals surface area contributed by atoms with E-state index in [2.05, 4.69) is 4.57 Å². The molecule has 1 fully saturated rings. The number of aromatic nitrogens is 1. The van der Waals surface area contributed by atoms with Gasteiger partial charge >= 0.3 is 0 Å². The fourth-order valence-corrected chi connectivity index (χ4v) is 4.56. The quantitative estimate of drug-likeness (QED) is 0.489. The molecule has 2 heterocycles. The molecular weight excluding hydrogens is 408 g/mol. The second-order valence-electron chi connectivity index (χ2n) is 7.62. The Bertz CT molecular complexity index is 1190. The number of benzene rings is 2. The number of aryl methyl sites for hydroxylation is 2. The van der Waals surface area contributed by atoms with Gasteiger partial charge in [0.25, 0.3) is 11.1 Å². The minimum absolute atomic E-state index is 0.238. The maximum Gasteiger partial charge on any atom is 0.293 e. The summed E-state index contributed by atoms with van der Waals surface area (Å²) in [5.41, 5.74) is 6.02. The van der Waals surface area contributed by atoms with Gasteiger partial charge in [-0.1, -0.05) is 35.9 Å². The van der Waals surface area contributed by atoms with Crippen LogP contribution in [-0.4, -0.2) is 27.7 Å². The Morgan fingerprint density at radius 3 is 2.45 bits per heavy atom. The summed E-state index contributed by atoms with van der Waals surface area (Å²) in [6.45, 7) is 6.32. The van der Waals surface area contributed by atoms with Crippen LogP contribution >= 0.6 is 11.8 Å². The molecule has 3 aromatic rings. The van der Waals surface area contributed by atoms with E-state index in [0.29, 0.717) is 4.91 Å². The van der Waals surface area contributed by atoms with Crippen LogP contribution in [0.15, 0.2) is 59.5 Å². The average molecular weight is 433 g/mol. The van der Waals surface area contributed by atoms with Crippen LogP contribution in [0.25, 0.3) is 11.8 Å². The third-order valence-corrected chi connectivity index (χ3v) is 6.31. The molecule has 0 aliphatic carbocycles. The van der Waals surface area contributed by atoms with E-state index >= 15 is 0 Å². The summed E-state index contributed by atoms with van der Waals surface area (Å²) in [6.07, 6.45) is 1.82. The Hall–Kier alpha value is -3.25. The third-order valence-electron chi connectivity index (χ3n) is 5.40. The van der Waals surface area contributed by atoms with Gasteiger partial charge in [-0.3, -0.25) is 14.5 Å². The van der Waals surface area contributed by atoms with E-state index in [9.17, 15) is 9.59 Å². The molecule has 1 aliphatic heterocycles. The van der Waals surface area contributed by atoms with E-state index in [1.807, 2.05) is 81.4 Å². The molecule has 1 aromatic heterocycles. The highest BCUT2D eigenvalue weighted by molar-refractivity contribution is 8.18. The van der Waals surface area contributed by atoms with Gasteiger partial charge < -0.3 is 9.30 Å². The molecule has 5 nitrogen and oxygen atoms in total. The van der Waals surface area contributed by atoms with Crippen molar-refractivity contribution in [2.45, 2.75) is 27.3 Å². The Morgan fingerprint density at radius 2 is 1.74 bits per heavy atom. The molecule has 0 bridgehead atoms. The van der Waals surface area contributed by atoms with Crippen LogP contribution in [0.3, 0.4) is 0 Å². The van der Waals surface area contributed by atoms with Crippen molar-refractivity contribution in [1.29, 1.82) is 0 Å². The highest BCUT2D eigenvalue weighted by atomic mass is 32.2. The van der Waals surface area contributed by atoms with Gasteiger partial charge in [-0.2, -0.15) is 0 Å². The Morgan fingerprint density at radius 1 is 1.00 bits per heavy atom. The van der Waals surface area contributed by atoms with Crippen LogP contribution in [0.1, 0.15) is 28.1 Å². The summed E-state index contributed by atoms with van der Waals surface area (Å²) in [4.78, 5) is 27.2. The molecule has 0 radical (unpaired) electrons. The third kappa shape index (κ3) is 4.16. The highest BCUT2D eigenvalue weighted by Gasteiger charge is 2.35. The number of carbonyl (C=O) groups excluding carboxylic acids is 2. The predicted octanol–water partition coefficient (Wildman–Crippen LogP) is 5.65. The number of thioether (sulfide) groups is 1. The van der Waals surface area contributed by atoms with Gasteiger partial charge in [0.1, 0.15) is 5.75 Å². The second-order valence-corrected chi connectivity index (χ2v) is 8.61. The summed E-state index contributed by atoms with van der Waals surface area (Å²) in [5, 5.41) is -0.238. The number of hydrogen-bond acceptors (Lipinski definition) is 4. The van der Waals surface area contributed by atoms with Gasteiger partial charge in [0, 0.05) is 23.1 Å². The number of hydrogen-bond donors (Lipinski definition) is 0. The summed E-state index contributed by atoms with van der Waals surface area (Å²) in [6, 6.07) is 17.7. The van der Waals surface area contributed by atoms with Gasteiger partial charge in [0.15, 0.2) is 0 Å². The van der Waals surface area contributed by atoms with E-state index < -0.39 is 0 Å². The lowest BCUT2D eigenvalue weighted by atomic mass is 10.1. The molecule has 6 heteroatoms. The normalized spacial score (nSPS) is 15.2. The Labute approximate surface area is 186 Å². The number of carbonyl (C=O) groups is 2. The highest BCUT2D eigenvalue weighted by Crippen LogP contribution is 2.35. The number of methoxy groups -OCH3 is 1. The maximum atomic E-state index is 12.9. The van der Waals surface area contributed by atoms with Crippen molar-refractivity contribution in [2.24, 2.45) is 0 Å². The molecule has 158 valence electrons. The number of amides is 2. The van der Waals surface area contributed by atoms with Crippen LogP contribution in [0.5, 0.6) is 5.75 Å². The van der Waals surface area contributed by atoms with Crippen molar-refractivity contribution in [2.75, 3.05) is 7.11 Å². The molecule has 2 amide bonds. The lowest BCUT2D eigenvalue weighted by Crippen LogP contribution is -2.27. The molecule has 0 N–H and O–H groups in total. The maximum absolute atomic E-state index is 12.9. The molecule has 1 aliphatic rings. The first kappa shape index (κ1) is 21.0. The molecule has 4 rings (SSSR count). The standard InChI is InChI=1S/C25H24N2O3S/c1-16-8-10-19(11-9-16)15-26-24(28)23(31-25(26)29)13-20-12-17(2)27(18(20)3)21-6-5-7-22(14-21)30-4/h5-14H,15H2,1-4H3/b23-13-. The molecule has 0 spiro atoms. The zero-order chi connectivity index (χ0) is 22.1. The van der Waals surface area contributed by atoms with Gasteiger partial charge in [0.05, 0.1) is 18.6 Å². The fourth-order valence-electron chi connectivity index (χ4n) is 3.73. The molecule has 1 saturated heterocycles. The van der Waals surface area contributed by atoms with E-state index in [-0.39, 0.29) is 17.7 Å². The first-order chi connectivity index (χ1) is 14.9. The second kappa shape index (κ2) is 8.47. The van der Waals surface area contributed by atoms with Crippen molar-refractivity contribution in [3.63, 3.8) is 0 Å². The van der Waals surface area contributed by atoms with E-state index in [4.69, 9.17) is 4.74 Å². The number of rotatable bonds is 5. The van der Waals surface area contributed by atoms with E-state index in [1.165, 1.54) is 4.90 Å². The average Bonchev–Trinajstić information content (AvgIpc) is 3.19.